The van der Waals surface area contributed by atoms with Gasteiger partial charge in [0.2, 0.25) is 0 Å². The smallest absolute Gasteiger partial charge is 0.0802 e. The minimum Gasteiger partial charge on any atom is -0.388 e. The van der Waals surface area contributed by atoms with E-state index in [0.717, 1.165) is 31.6 Å². The van der Waals surface area contributed by atoms with Crippen molar-refractivity contribution in [3.63, 3.8) is 0 Å². The third-order valence-electron chi connectivity index (χ3n) is 4.00. The summed E-state index contributed by atoms with van der Waals surface area (Å²) in [6, 6.07) is 6.38. The van der Waals surface area contributed by atoms with Crippen LogP contribution in [-0.2, 0) is 0 Å². The molecule has 0 radical (unpaired) electrons. The number of hydrogen-bond donors (Lipinski definition) is 1. The van der Waals surface area contributed by atoms with E-state index in [0.29, 0.717) is 0 Å². The first-order valence-electron chi connectivity index (χ1n) is 8.55. The molecule has 0 spiro atoms. The van der Waals surface area contributed by atoms with E-state index in [1.54, 1.807) is 0 Å². The van der Waals surface area contributed by atoms with Gasteiger partial charge in [-0.25, -0.2) is 0 Å². The summed E-state index contributed by atoms with van der Waals surface area (Å²) in [6.45, 7) is 12.0. The van der Waals surface area contributed by atoms with Crippen molar-refractivity contribution in [2.24, 2.45) is 0 Å². The first-order chi connectivity index (χ1) is 10.1. The van der Waals surface area contributed by atoms with Crippen LogP contribution in [0.3, 0.4) is 0 Å². The van der Waals surface area contributed by atoms with Gasteiger partial charge in [0.25, 0.3) is 0 Å². The third kappa shape index (κ3) is 7.10. The van der Waals surface area contributed by atoms with E-state index < -0.39 is 0 Å². The average molecular weight is 291 g/mol. The predicted octanol–water partition coefficient (Wildman–Crippen LogP) is 4.63. The number of nitrogens with zero attached hydrogens (tertiary/aromatic N) is 1. The maximum Gasteiger partial charge on any atom is 0.0802 e. The molecule has 0 aromatic heterocycles. The van der Waals surface area contributed by atoms with Crippen LogP contribution in [0.4, 0.5) is 0 Å². The summed E-state index contributed by atoms with van der Waals surface area (Å²) in [4.78, 5) is 2.51. The number of hydrogen-bond acceptors (Lipinski definition) is 2. The highest BCUT2D eigenvalue weighted by Crippen LogP contribution is 2.20. The number of benzene rings is 1. The Balaban J connectivity index is 2.52. The Morgan fingerprint density at radius 1 is 0.905 bits per heavy atom. The lowest BCUT2D eigenvalue weighted by Crippen LogP contribution is -2.28. The molecule has 1 aromatic rings. The van der Waals surface area contributed by atoms with Crippen molar-refractivity contribution >= 4 is 0 Å². The Morgan fingerprint density at radius 3 is 1.90 bits per heavy atom. The predicted molar refractivity (Wildman–Crippen MR) is 91.7 cm³/mol. The molecule has 120 valence electrons. The Kier molecular flexibility index (Phi) is 8.63. The average Bonchev–Trinajstić information content (AvgIpc) is 2.45. The molecule has 2 heteroatoms. The zero-order valence-electron chi connectivity index (χ0n) is 14.4. The van der Waals surface area contributed by atoms with Crippen LogP contribution in [0.15, 0.2) is 18.2 Å². The van der Waals surface area contributed by atoms with Crippen LogP contribution in [0.2, 0.25) is 0 Å². The van der Waals surface area contributed by atoms with Gasteiger partial charge in [0.1, 0.15) is 0 Å². The van der Waals surface area contributed by atoms with Crippen molar-refractivity contribution in [2.45, 2.75) is 65.9 Å². The summed E-state index contributed by atoms with van der Waals surface area (Å²) in [5.41, 5.74) is 3.54. The molecule has 0 aliphatic heterocycles. The summed E-state index contributed by atoms with van der Waals surface area (Å²) in [7, 11) is 0. The molecular formula is C19H33NO. The molecule has 21 heavy (non-hydrogen) atoms. The first-order valence-corrected chi connectivity index (χ1v) is 8.55. The summed E-state index contributed by atoms with van der Waals surface area (Å²) >= 11 is 0. The molecule has 0 heterocycles. The second-order valence-electron chi connectivity index (χ2n) is 6.27. The molecule has 0 saturated carbocycles. The van der Waals surface area contributed by atoms with Crippen LogP contribution < -0.4 is 0 Å². The minimum atomic E-state index is -0.339. The maximum absolute atomic E-state index is 10.4. The molecule has 1 unspecified atom stereocenters. The summed E-state index contributed by atoms with van der Waals surface area (Å²) < 4.78 is 0. The highest BCUT2D eigenvalue weighted by molar-refractivity contribution is 5.29. The van der Waals surface area contributed by atoms with E-state index in [1.165, 1.54) is 36.8 Å². The van der Waals surface area contributed by atoms with E-state index in [2.05, 4.69) is 50.8 Å². The zero-order chi connectivity index (χ0) is 15.7. The first kappa shape index (κ1) is 18.2. The molecule has 2 nitrogen and oxygen atoms in total. The fraction of sp³-hybridized carbons (Fsp3) is 0.684. The number of rotatable bonds is 10. The van der Waals surface area contributed by atoms with Gasteiger partial charge in [-0.05, 0) is 51.8 Å². The molecule has 0 fully saturated rings. The monoisotopic (exact) mass is 291 g/mol. The van der Waals surface area contributed by atoms with Gasteiger partial charge in [0, 0.05) is 6.54 Å². The Bertz CT molecular complexity index is 374. The third-order valence-corrected chi connectivity index (χ3v) is 4.00. The number of aliphatic hydroxyl groups is 1. The fourth-order valence-electron chi connectivity index (χ4n) is 2.77. The lowest BCUT2D eigenvalue weighted by Gasteiger charge is -2.23. The molecule has 0 bridgehead atoms. The highest BCUT2D eigenvalue weighted by Gasteiger charge is 2.11. The van der Waals surface area contributed by atoms with Crippen LogP contribution in [0.1, 0.15) is 68.7 Å². The van der Waals surface area contributed by atoms with Gasteiger partial charge >= 0.3 is 0 Å². The molecule has 0 aliphatic carbocycles. The second kappa shape index (κ2) is 9.97. The van der Waals surface area contributed by atoms with Gasteiger partial charge < -0.3 is 10.0 Å². The van der Waals surface area contributed by atoms with Gasteiger partial charge in [-0.2, -0.15) is 0 Å². The van der Waals surface area contributed by atoms with Gasteiger partial charge in [-0.1, -0.05) is 56.0 Å². The second-order valence-corrected chi connectivity index (χ2v) is 6.27. The van der Waals surface area contributed by atoms with Gasteiger partial charge in [-0.15, -0.1) is 0 Å². The van der Waals surface area contributed by atoms with E-state index in [4.69, 9.17) is 0 Å². The van der Waals surface area contributed by atoms with Crippen molar-refractivity contribution in [2.75, 3.05) is 19.6 Å². The fourth-order valence-corrected chi connectivity index (χ4v) is 2.77. The van der Waals surface area contributed by atoms with E-state index in [1.807, 2.05) is 0 Å². The Labute approximate surface area is 131 Å². The molecule has 0 amide bonds. The van der Waals surface area contributed by atoms with E-state index in [-0.39, 0.29) is 6.10 Å². The number of aryl methyl sites for hydroxylation is 2. The summed E-state index contributed by atoms with van der Waals surface area (Å²) in [5, 5.41) is 10.4. The summed E-state index contributed by atoms with van der Waals surface area (Å²) in [6.07, 6.45) is 5.47. The highest BCUT2D eigenvalue weighted by atomic mass is 16.3. The van der Waals surface area contributed by atoms with Crippen LogP contribution >= 0.6 is 0 Å². The molecule has 1 N–H and O–H groups in total. The lowest BCUT2D eigenvalue weighted by molar-refractivity contribution is 0.140. The van der Waals surface area contributed by atoms with E-state index >= 15 is 0 Å². The Morgan fingerprint density at radius 2 is 1.43 bits per heavy atom. The molecule has 1 aromatic carbocycles. The molecule has 0 saturated heterocycles. The van der Waals surface area contributed by atoms with Gasteiger partial charge in [-0.3, -0.25) is 0 Å². The molecule has 1 atom stereocenters. The number of aliphatic hydroxyl groups excluding tert-OH is 1. The largest absolute Gasteiger partial charge is 0.388 e. The normalized spacial score (nSPS) is 12.9. The maximum atomic E-state index is 10.4. The molecule has 1 rings (SSSR count). The van der Waals surface area contributed by atoms with Crippen molar-refractivity contribution < 1.29 is 5.11 Å². The van der Waals surface area contributed by atoms with Crippen LogP contribution in [-0.4, -0.2) is 29.6 Å². The Hall–Kier alpha value is -0.860. The quantitative estimate of drug-likeness (QED) is 0.679. The van der Waals surface area contributed by atoms with Crippen molar-refractivity contribution in [1.82, 2.24) is 4.90 Å². The van der Waals surface area contributed by atoms with Gasteiger partial charge in [0.05, 0.1) is 6.10 Å². The summed E-state index contributed by atoms with van der Waals surface area (Å²) in [5.74, 6) is 0. The van der Waals surface area contributed by atoms with Crippen molar-refractivity contribution in [3.8, 4) is 0 Å². The van der Waals surface area contributed by atoms with Crippen LogP contribution in [0, 0.1) is 13.8 Å². The topological polar surface area (TPSA) is 23.5 Å². The molecule has 0 aliphatic rings. The van der Waals surface area contributed by atoms with Crippen LogP contribution in [0.5, 0.6) is 0 Å². The standard InChI is InChI=1S/C19H33NO/c1-5-7-10-20(11-8-6-2)12-9-19(21)18-14-16(3)13-17(4)15-18/h13-15,19,21H,5-12H2,1-4H3. The zero-order valence-corrected chi connectivity index (χ0v) is 14.4. The SMILES string of the molecule is CCCCN(CCCC)CCC(O)c1cc(C)cc(C)c1. The van der Waals surface area contributed by atoms with Gasteiger partial charge in [0.15, 0.2) is 0 Å². The van der Waals surface area contributed by atoms with Crippen LogP contribution in [0.25, 0.3) is 0 Å². The minimum absolute atomic E-state index is 0.339. The van der Waals surface area contributed by atoms with E-state index in [9.17, 15) is 5.11 Å². The van der Waals surface area contributed by atoms with Crippen molar-refractivity contribution in [1.29, 1.82) is 0 Å². The number of unbranched alkanes of at least 4 members (excludes halogenated alkanes) is 2. The lowest BCUT2D eigenvalue weighted by atomic mass is 10.0. The van der Waals surface area contributed by atoms with Crippen molar-refractivity contribution in [3.05, 3.63) is 34.9 Å². The molecular weight excluding hydrogens is 258 g/mol.